The maximum Gasteiger partial charge on any atom is 0.241 e. The Morgan fingerprint density at radius 3 is 2.67 bits per heavy atom. The normalized spacial score (nSPS) is 21.9. The Kier molecular flexibility index (Phi) is 3.02. The lowest BCUT2D eigenvalue weighted by atomic mass is 10.0. The molecular weight excluding hydrogens is 188 g/mol. The average Bonchev–Trinajstić information content (AvgIpc) is 2.44. The Morgan fingerprint density at radius 1 is 1.20 bits per heavy atom. The summed E-state index contributed by atoms with van der Waals surface area (Å²) in [6.45, 7) is 3.70. The molecule has 2 N–H and O–H groups in total. The van der Waals surface area contributed by atoms with Crippen molar-refractivity contribution < 1.29 is 4.79 Å². The summed E-state index contributed by atoms with van der Waals surface area (Å²) in [5.41, 5.74) is 2.26. The molecular formula is C12H16N2O. The zero-order valence-electron chi connectivity index (χ0n) is 8.92. The van der Waals surface area contributed by atoms with Crippen molar-refractivity contribution in [2.45, 2.75) is 19.4 Å². The molecule has 0 aliphatic carbocycles. The van der Waals surface area contributed by atoms with E-state index in [0.29, 0.717) is 0 Å². The Hall–Kier alpha value is -1.35. The first-order chi connectivity index (χ1) is 7.27. The maximum absolute atomic E-state index is 11.7. The van der Waals surface area contributed by atoms with Gasteiger partial charge < -0.3 is 10.6 Å². The van der Waals surface area contributed by atoms with E-state index in [0.717, 1.165) is 25.1 Å². The van der Waals surface area contributed by atoms with Crippen LogP contribution in [0.25, 0.3) is 0 Å². The maximum atomic E-state index is 11.7. The Balaban J connectivity index is 2.20. The number of benzene rings is 1. The first-order valence-electron chi connectivity index (χ1n) is 5.35. The van der Waals surface area contributed by atoms with Crippen molar-refractivity contribution in [2.24, 2.45) is 0 Å². The summed E-state index contributed by atoms with van der Waals surface area (Å²) in [6, 6.07) is 7.91. The first-order valence-corrected chi connectivity index (χ1v) is 5.35. The van der Waals surface area contributed by atoms with E-state index in [2.05, 4.69) is 10.6 Å². The number of hydrogen-bond donors (Lipinski definition) is 2. The van der Waals surface area contributed by atoms with Crippen molar-refractivity contribution >= 4 is 5.91 Å². The van der Waals surface area contributed by atoms with E-state index in [1.807, 2.05) is 31.2 Å². The van der Waals surface area contributed by atoms with Gasteiger partial charge in [-0.3, -0.25) is 4.79 Å². The lowest BCUT2D eigenvalue weighted by Gasteiger charge is -2.14. The van der Waals surface area contributed by atoms with Crippen LogP contribution in [0, 0.1) is 6.92 Å². The molecule has 1 aliphatic heterocycles. The molecule has 0 bridgehead atoms. The number of amides is 1. The number of hydrogen-bond acceptors (Lipinski definition) is 2. The highest BCUT2D eigenvalue weighted by atomic mass is 16.2. The summed E-state index contributed by atoms with van der Waals surface area (Å²) in [5.74, 6) is 0.0800. The molecule has 1 aromatic rings. The van der Waals surface area contributed by atoms with Crippen LogP contribution in [0.3, 0.4) is 0 Å². The smallest absolute Gasteiger partial charge is 0.241 e. The van der Waals surface area contributed by atoms with Crippen molar-refractivity contribution in [1.29, 1.82) is 0 Å². The van der Waals surface area contributed by atoms with Crippen LogP contribution in [-0.2, 0) is 4.79 Å². The number of carbonyl (C=O) groups excluding carboxylic acids is 1. The van der Waals surface area contributed by atoms with Gasteiger partial charge in [0.1, 0.15) is 6.04 Å². The number of nitrogens with one attached hydrogen (secondary N) is 2. The fourth-order valence-electron chi connectivity index (χ4n) is 1.77. The van der Waals surface area contributed by atoms with E-state index in [-0.39, 0.29) is 11.9 Å². The summed E-state index contributed by atoms with van der Waals surface area (Å²) in [4.78, 5) is 11.7. The predicted octanol–water partition coefficient (Wildman–Crippen LogP) is 1.15. The second-order valence-corrected chi connectivity index (χ2v) is 3.94. The van der Waals surface area contributed by atoms with E-state index >= 15 is 0 Å². The Labute approximate surface area is 89.9 Å². The van der Waals surface area contributed by atoms with Gasteiger partial charge in [0, 0.05) is 6.54 Å². The second-order valence-electron chi connectivity index (χ2n) is 3.94. The topological polar surface area (TPSA) is 41.1 Å². The molecule has 1 atom stereocenters. The van der Waals surface area contributed by atoms with Crippen LogP contribution in [0.1, 0.15) is 23.6 Å². The monoisotopic (exact) mass is 204 g/mol. The molecule has 0 aromatic heterocycles. The van der Waals surface area contributed by atoms with Gasteiger partial charge in [-0.2, -0.15) is 0 Å². The number of rotatable bonds is 1. The minimum Gasteiger partial charge on any atom is -0.354 e. The average molecular weight is 204 g/mol. The summed E-state index contributed by atoms with van der Waals surface area (Å²) >= 11 is 0. The molecule has 2 rings (SSSR count). The van der Waals surface area contributed by atoms with E-state index in [1.54, 1.807) is 0 Å². The number of carbonyl (C=O) groups is 1. The Bertz CT molecular complexity index is 345. The van der Waals surface area contributed by atoms with Crippen LogP contribution < -0.4 is 10.6 Å². The van der Waals surface area contributed by atoms with Gasteiger partial charge >= 0.3 is 0 Å². The van der Waals surface area contributed by atoms with Gasteiger partial charge in [-0.15, -0.1) is 0 Å². The molecule has 1 heterocycles. The largest absolute Gasteiger partial charge is 0.354 e. The molecule has 0 spiro atoms. The standard InChI is InChI=1S/C12H16N2O/c1-9-3-5-10(6-4-9)11-12(15)14-8-2-7-13-11/h3-6,11,13H,2,7-8H2,1H3,(H,14,15). The highest BCUT2D eigenvalue weighted by molar-refractivity contribution is 5.83. The third-order valence-electron chi connectivity index (χ3n) is 2.67. The van der Waals surface area contributed by atoms with Crippen LogP contribution in [-0.4, -0.2) is 19.0 Å². The summed E-state index contributed by atoms with van der Waals surface area (Å²) in [7, 11) is 0. The predicted molar refractivity (Wildman–Crippen MR) is 59.5 cm³/mol. The first kappa shape index (κ1) is 10.2. The van der Waals surface area contributed by atoms with Crippen LogP contribution in [0.4, 0.5) is 0 Å². The molecule has 1 amide bonds. The fourth-order valence-corrected chi connectivity index (χ4v) is 1.77. The molecule has 3 heteroatoms. The van der Waals surface area contributed by atoms with E-state index in [1.165, 1.54) is 5.56 Å². The van der Waals surface area contributed by atoms with Crippen LogP contribution in [0.15, 0.2) is 24.3 Å². The molecule has 1 saturated heterocycles. The van der Waals surface area contributed by atoms with Gasteiger partial charge in [-0.25, -0.2) is 0 Å². The molecule has 1 aliphatic rings. The van der Waals surface area contributed by atoms with Crippen molar-refractivity contribution in [1.82, 2.24) is 10.6 Å². The van der Waals surface area contributed by atoms with Gasteiger partial charge in [0.25, 0.3) is 0 Å². The minimum absolute atomic E-state index is 0.0800. The quantitative estimate of drug-likeness (QED) is 0.720. The third-order valence-corrected chi connectivity index (χ3v) is 2.67. The molecule has 3 nitrogen and oxygen atoms in total. The lowest BCUT2D eigenvalue weighted by Crippen LogP contribution is -2.33. The molecule has 80 valence electrons. The zero-order valence-corrected chi connectivity index (χ0v) is 8.92. The minimum atomic E-state index is -0.187. The summed E-state index contributed by atoms with van der Waals surface area (Å²) in [5, 5.41) is 6.16. The van der Waals surface area contributed by atoms with Gasteiger partial charge in [0.05, 0.1) is 0 Å². The summed E-state index contributed by atoms with van der Waals surface area (Å²) < 4.78 is 0. The van der Waals surface area contributed by atoms with Gasteiger partial charge in [0.15, 0.2) is 0 Å². The fraction of sp³-hybridized carbons (Fsp3) is 0.417. The van der Waals surface area contributed by atoms with Gasteiger partial charge in [-0.05, 0) is 25.5 Å². The van der Waals surface area contributed by atoms with Crippen LogP contribution in [0.2, 0.25) is 0 Å². The van der Waals surface area contributed by atoms with Gasteiger partial charge in [0.2, 0.25) is 5.91 Å². The van der Waals surface area contributed by atoms with Crippen molar-refractivity contribution in [3.05, 3.63) is 35.4 Å². The van der Waals surface area contributed by atoms with E-state index in [4.69, 9.17) is 0 Å². The van der Waals surface area contributed by atoms with Crippen LogP contribution >= 0.6 is 0 Å². The van der Waals surface area contributed by atoms with Crippen molar-refractivity contribution in [3.63, 3.8) is 0 Å². The summed E-state index contributed by atoms with van der Waals surface area (Å²) in [6.07, 6.45) is 0.994. The molecule has 0 radical (unpaired) electrons. The molecule has 15 heavy (non-hydrogen) atoms. The Morgan fingerprint density at radius 2 is 1.93 bits per heavy atom. The highest BCUT2D eigenvalue weighted by Gasteiger charge is 2.21. The number of aryl methyl sites for hydroxylation is 1. The SMILES string of the molecule is Cc1ccc(C2NCCCNC2=O)cc1. The molecule has 1 aromatic carbocycles. The van der Waals surface area contributed by atoms with E-state index in [9.17, 15) is 4.79 Å². The lowest BCUT2D eigenvalue weighted by molar-refractivity contribution is -0.122. The van der Waals surface area contributed by atoms with Crippen molar-refractivity contribution in [3.8, 4) is 0 Å². The van der Waals surface area contributed by atoms with Crippen LogP contribution in [0.5, 0.6) is 0 Å². The molecule has 1 fully saturated rings. The zero-order chi connectivity index (χ0) is 10.7. The molecule has 1 unspecified atom stereocenters. The van der Waals surface area contributed by atoms with Gasteiger partial charge in [-0.1, -0.05) is 29.8 Å². The highest BCUT2D eigenvalue weighted by Crippen LogP contribution is 2.15. The van der Waals surface area contributed by atoms with E-state index < -0.39 is 0 Å². The molecule has 0 saturated carbocycles. The third kappa shape index (κ3) is 2.36. The second kappa shape index (κ2) is 4.45. The van der Waals surface area contributed by atoms with Crippen molar-refractivity contribution in [2.75, 3.05) is 13.1 Å².